The van der Waals surface area contributed by atoms with Crippen LogP contribution >= 0.6 is 11.3 Å². The van der Waals surface area contributed by atoms with Crippen molar-refractivity contribution in [1.82, 2.24) is 14.9 Å². The van der Waals surface area contributed by atoms with Gasteiger partial charge in [-0.1, -0.05) is 26.8 Å². The van der Waals surface area contributed by atoms with E-state index in [9.17, 15) is 4.79 Å². The van der Waals surface area contributed by atoms with E-state index in [1.54, 1.807) is 11.3 Å². The van der Waals surface area contributed by atoms with E-state index in [0.29, 0.717) is 6.42 Å². The van der Waals surface area contributed by atoms with Crippen molar-refractivity contribution in [1.29, 1.82) is 0 Å². The van der Waals surface area contributed by atoms with Gasteiger partial charge in [0.1, 0.15) is 5.82 Å². The number of thiophene rings is 1. The Morgan fingerprint density at radius 3 is 3.00 bits per heavy atom. The molecule has 0 bridgehead atoms. The van der Waals surface area contributed by atoms with Crippen molar-refractivity contribution >= 4 is 17.2 Å². The average molecular weight is 317 g/mol. The molecule has 0 fully saturated rings. The van der Waals surface area contributed by atoms with Crippen molar-refractivity contribution in [2.24, 2.45) is 0 Å². The van der Waals surface area contributed by atoms with Crippen LogP contribution in [0.1, 0.15) is 43.6 Å². The van der Waals surface area contributed by atoms with Crippen molar-refractivity contribution in [3.63, 3.8) is 0 Å². The number of amides is 1. The lowest BCUT2D eigenvalue weighted by molar-refractivity contribution is -0.121. The molecule has 1 atom stereocenters. The molecule has 0 saturated carbocycles. The van der Waals surface area contributed by atoms with E-state index in [4.69, 9.17) is 4.98 Å². The summed E-state index contributed by atoms with van der Waals surface area (Å²) in [6.07, 6.45) is 4.53. The SMILES string of the molecule is CC(C)(C)c1cn2c(n1)CC[C@@H](NC(=O)Cc1cccs1)C2. The summed E-state index contributed by atoms with van der Waals surface area (Å²) in [4.78, 5) is 18.0. The molecule has 1 aliphatic heterocycles. The Morgan fingerprint density at radius 1 is 1.50 bits per heavy atom. The van der Waals surface area contributed by atoms with E-state index in [-0.39, 0.29) is 17.4 Å². The predicted octanol–water partition coefficient (Wildman–Crippen LogP) is 2.92. The van der Waals surface area contributed by atoms with Crippen LogP contribution < -0.4 is 5.32 Å². The van der Waals surface area contributed by atoms with Crippen LogP contribution in [0.5, 0.6) is 0 Å². The lowest BCUT2D eigenvalue weighted by atomic mass is 9.93. The largest absolute Gasteiger partial charge is 0.351 e. The lowest BCUT2D eigenvalue weighted by Gasteiger charge is -2.24. The van der Waals surface area contributed by atoms with Gasteiger partial charge >= 0.3 is 0 Å². The Labute approximate surface area is 135 Å². The minimum absolute atomic E-state index is 0.0717. The molecule has 1 N–H and O–H groups in total. The number of carbonyl (C=O) groups excluding carboxylic acids is 1. The van der Waals surface area contributed by atoms with Crippen molar-refractivity contribution < 1.29 is 4.79 Å². The van der Waals surface area contributed by atoms with Crippen molar-refractivity contribution in [2.45, 2.75) is 58.0 Å². The molecule has 0 radical (unpaired) electrons. The maximum atomic E-state index is 12.1. The molecule has 2 aromatic rings. The van der Waals surface area contributed by atoms with E-state index in [1.807, 2.05) is 17.5 Å². The second kappa shape index (κ2) is 5.88. The van der Waals surface area contributed by atoms with Crippen LogP contribution in [-0.2, 0) is 29.6 Å². The molecule has 0 saturated heterocycles. The first-order valence-electron chi connectivity index (χ1n) is 7.80. The first-order valence-corrected chi connectivity index (χ1v) is 8.68. The van der Waals surface area contributed by atoms with Crippen molar-refractivity contribution in [3.05, 3.63) is 40.1 Å². The van der Waals surface area contributed by atoms with Gasteiger partial charge in [0.15, 0.2) is 0 Å². The zero-order valence-corrected chi connectivity index (χ0v) is 14.2. The number of aryl methyl sites for hydroxylation is 1. The second-order valence-electron chi connectivity index (χ2n) is 7.00. The van der Waals surface area contributed by atoms with Gasteiger partial charge in [-0.2, -0.15) is 0 Å². The summed E-state index contributed by atoms with van der Waals surface area (Å²) < 4.78 is 2.21. The van der Waals surface area contributed by atoms with E-state index in [0.717, 1.165) is 35.8 Å². The topological polar surface area (TPSA) is 46.9 Å². The van der Waals surface area contributed by atoms with Crippen LogP contribution in [0, 0.1) is 0 Å². The maximum absolute atomic E-state index is 12.1. The van der Waals surface area contributed by atoms with Crippen LogP contribution in [0.25, 0.3) is 0 Å². The summed E-state index contributed by atoms with van der Waals surface area (Å²) in [5.74, 6) is 1.26. The number of imidazole rings is 1. The van der Waals surface area contributed by atoms with Gasteiger partial charge in [0, 0.05) is 35.5 Å². The molecule has 0 spiro atoms. The Bertz CT molecular complexity index is 652. The third-order valence-corrected chi connectivity index (χ3v) is 4.92. The number of rotatable bonds is 3. The van der Waals surface area contributed by atoms with Gasteiger partial charge in [-0.05, 0) is 17.9 Å². The highest BCUT2D eigenvalue weighted by Gasteiger charge is 2.25. The average Bonchev–Trinajstić information content (AvgIpc) is 3.06. The molecule has 4 nitrogen and oxygen atoms in total. The lowest BCUT2D eigenvalue weighted by Crippen LogP contribution is -2.41. The monoisotopic (exact) mass is 317 g/mol. The number of nitrogens with one attached hydrogen (secondary N) is 1. The van der Waals surface area contributed by atoms with E-state index in [2.05, 4.69) is 36.9 Å². The number of hydrogen-bond donors (Lipinski definition) is 1. The first kappa shape index (κ1) is 15.3. The highest BCUT2D eigenvalue weighted by atomic mass is 32.1. The third-order valence-electron chi connectivity index (χ3n) is 4.04. The first-order chi connectivity index (χ1) is 10.4. The van der Waals surface area contributed by atoms with Gasteiger partial charge in [0.05, 0.1) is 12.1 Å². The fourth-order valence-electron chi connectivity index (χ4n) is 2.77. The summed E-state index contributed by atoms with van der Waals surface area (Å²) in [7, 11) is 0. The van der Waals surface area contributed by atoms with Gasteiger partial charge in [-0.25, -0.2) is 4.98 Å². The molecule has 1 amide bonds. The second-order valence-corrected chi connectivity index (χ2v) is 8.04. The number of hydrogen-bond acceptors (Lipinski definition) is 3. The zero-order chi connectivity index (χ0) is 15.7. The standard InChI is InChI=1S/C17H23N3OS/c1-17(2,3)14-11-20-10-12(6-7-15(20)19-14)18-16(21)9-13-5-4-8-22-13/h4-5,8,11-12H,6-7,9-10H2,1-3H3,(H,18,21)/t12-/m1/s1. The summed E-state index contributed by atoms with van der Waals surface area (Å²) >= 11 is 1.63. The van der Waals surface area contributed by atoms with E-state index in [1.165, 1.54) is 0 Å². The molecule has 2 aromatic heterocycles. The minimum Gasteiger partial charge on any atom is -0.351 e. The smallest absolute Gasteiger partial charge is 0.225 e. The Kier molecular flexibility index (Phi) is 4.08. The summed E-state index contributed by atoms with van der Waals surface area (Å²) in [6, 6.07) is 4.20. The highest BCUT2D eigenvalue weighted by molar-refractivity contribution is 7.10. The van der Waals surface area contributed by atoms with Crippen LogP contribution in [0.4, 0.5) is 0 Å². The quantitative estimate of drug-likeness (QED) is 0.946. The van der Waals surface area contributed by atoms with Crippen LogP contribution in [0.2, 0.25) is 0 Å². The van der Waals surface area contributed by atoms with Gasteiger partial charge in [-0.15, -0.1) is 11.3 Å². The van der Waals surface area contributed by atoms with Gasteiger partial charge in [0.25, 0.3) is 0 Å². The molecule has 0 aliphatic carbocycles. The summed E-state index contributed by atoms with van der Waals surface area (Å²) in [5, 5.41) is 5.17. The van der Waals surface area contributed by atoms with E-state index < -0.39 is 0 Å². The normalized spacial score (nSPS) is 18.0. The fourth-order valence-corrected chi connectivity index (χ4v) is 3.48. The molecule has 3 heterocycles. The van der Waals surface area contributed by atoms with Crippen LogP contribution in [-0.4, -0.2) is 21.5 Å². The Morgan fingerprint density at radius 2 is 2.32 bits per heavy atom. The summed E-state index contributed by atoms with van der Waals surface area (Å²) in [5.41, 5.74) is 1.20. The number of nitrogens with zero attached hydrogens (tertiary/aromatic N) is 2. The molecule has 22 heavy (non-hydrogen) atoms. The predicted molar refractivity (Wildman–Crippen MR) is 89.2 cm³/mol. The minimum atomic E-state index is 0.0717. The molecule has 3 rings (SSSR count). The molecular weight excluding hydrogens is 294 g/mol. The molecule has 118 valence electrons. The number of carbonyl (C=O) groups is 1. The fraction of sp³-hybridized carbons (Fsp3) is 0.529. The third kappa shape index (κ3) is 3.40. The number of fused-ring (bicyclic) bond motifs is 1. The maximum Gasteiger partial charge on any atom is 0.225 e. The molecule has 0 aromatic carbocycles. The Hall–Kier alpha value is -1.62. The summed E-state index contributed by atoms with van der Waals surface area (Å²) in [6.45, 7) is 7.37. The molecule has 5 heteroatoms. The molecular formula is C17H23N3OS. The van der Waals surface area contributed by atoms with E-state index >= 15 is 0 Å². The van der Waals surface area contributed by atoms with Gasteiger partial charge in [0.2, 0.25) is 5.91 Å². The van der Waals surface area contributed by atoms with Crippen LogP contribution in [0.3, 0.4) is 0 Å². The van der Waals surface area contributed by atoms with Crippen molar-refractivity contribution in [2.75, 3.05) is 0 Å². The highest BCUT2D eigenvalue weighted by Crippen LogP contribution is 2.24. The zero-order valence-electron chi connectivity index (χ0n) is 13.4. The molecule has 0 unspecified atom stereocenters. The van der Waals surface area contributed by atoms with Crippen molar-refractivity contribution in [3.8, 4) is 0 Å². The van der Waals surface area contributed by atoms with Crippen LogP contribution in [0.15, 0.2) is 23.7 Å². The number of aromatic nitrogens is 2. The van der Waals surface area contributed by atoms with Gasteiger partial charge in [-0.3, -0.25) is 4.79 Å². The molecule has 1 aliphatic rings. The Balaban J connectivity index is 1.62. The van der Waals surface area contributed by atoms with Gasteiger partial charge < -0.3 is 9.88 Å².